The van der Waals surface area contributed by atoms with Crippen molar-refractivity contribution < 1.29 is 19.1 Å². The lowest BCUT2D eigenvalue weighted by Gasteiger charge is -2.33. The number of piperidine rings is 1. The molecule has 2 aliphatic heterocycles. The number of hydrogen-bond donors (Lipinski definition) is 0. The Morgan fingerprint density at radius 2 is 1.78 bits per heavy atom. The van der Waals surface area contributed by atoms with Crippen molar-refractivity contribution in [3.05, 3.63) is 53.6 Å². The number of cyclic esters (lactones) is 1. The van der Waals surface area contributed by atoms with Crippen LogP contribution < -0.4 is 14.5 Å². The van der Waals surface area contributed by atoms with E-state index in [1.165, 1.54) is 0 Å². The van der Waals surface area contributed by atoms with Gasteiger partial charge in [0.1, 0.15) is 18.0 Å². The second-order valence-corrected chi connectivity index (χ2v) is 8.72. The quantitative estimate of drug-likeness (QED) is 0.650. The molecule has 7 nitrogen and oxygen atoms in total. The van der Waals surface area contributed by atoms with Crippen molar-refractivity contribution in [2.75, 3.05) is 43.0 Å². The molecule has 0 saturated carbocycles. The number of amides is 2. The molecular formula is C24H28ClN3O4. The number of likely N-dealkylation sites (tertiary alicyclic amines) is 1. The number of carbonyl (C=O) groups is 2. The van der Waals surface area contributed by atoms with Crippen molar-refractivity contribution in [3.63, 3.8) is 0 Å². The first-order chi connectivity index (χ1) is 15.4. The second-order valence-electron chi connectivity index (χ2n) is 8.28. The molecule has 0 spiro atoms. The third kappa shape index (κ3) is 5.34. The van der Waals surface area contributed by atoms with E-state index in [0.717, 1.165) is 43.1 Å². The standard InChI is InChI=1S/C24H28ClN3O4/c1-17(29)26(2)19-7-9-21(10-8-19)31-22-11-13-27(14-12-22)15-23-16-28(24(30)32-23)20-5-3-18(25)4-6-20/h3-10,22-23H,11-16H2,1-2H3/t23-/m1/s1. The zero-order valence-corrected chi connectivity index (χ0v) is 19.1. The van der Waals surface area contributed by atoms with Crippen molar-refractivity contribution in [3.8, 4) is 5.75 Å². The molecule has 2 heterocycles. The van der Waals surface area contributed by atoms with E-state index >= 15 is 0 Å². The van der Waals surface area contributed by atoms with E-state index in [1.54, 1.807) is 35.9 Å². The van der Waals surface area contributed by atoms with E-state index in [9.17, 15) is 9.59 Å². The third-order valence-electron chi connectivity index (χ3n) is 6.01. The van der Waals surface area contributed by atoms with Gasteiger partial charge in [-0.05, 0) is 61.4 Å². The summed E-state index contributed by atoms with van der Waals surface area (Å²) in [7, 11) is 1.75. The number of nitrogens with zero attached hydrogens (tertiary/aromatic N) is 3. The predicted octanol–water partition coefficient (Wildman–Crippen LogP) is 4.19. The molecule has 0 radical (unpaired) electrons. The molecule has 1 atom stereocenters. The largest absolute Gasteiger partial charge is 0.490 e. The summed E-state index contributed by atoms with van der Waals surface area (Å²) < 4.78 is 11.7. The van der Waals surface area contributed by atoms with Gasteiger partial charge in [-0.2, -0.15) is 0 Å². The Balaban J connectivity index is 1.23. The molecule has 2 aromatic carbocycles. The van der Waals surface area contributed by atoms with Gasteiger partial charge in [-0.1, -0.05) is 11.6 Å². The fourth-order valence-electron chi connectivity index (χ4n) is 4.07. The third-order valence-corrected chi connectivity index (χ3v) is 6.26. The maximum Gasteiger partial charge on any atom is 0.414 e. The van der Waals surface area contributed by atoms with Crippen LogP contribution in [0.1, 0.15) is 19.8 Å². The van der Waals surface area contributed by atoms with Crippen LogP contribution in [-0.2, 0) is 9.53 Å². The first kappa shape index (κ1) is 22.4. The van der Waals surface area contributed by atoms with Crippen LogP contribution in [0.3, 0.4) is 0 Å². The van der Waals surface area contributed by atoms with Crippen molar-refractivity contribution >= 4 is 35.0 Å². The molecule has 2 fully saturated rings. The number of halogens is 1. The lowest BCUT2D eigenvalue weighted by atomic mass is 10.1. The molecule has 0 N–H and O–H groups in total. The van der Waals surface area contributed by atoms with E-state index < -0.39 is 0 Å². The maximum atomic E-state index is 12.3. The summed E-state index contributed by atoms with van der Waals surface area (Å²) in [5.41, 5.74) is 1.65. The summed E-state index contributed by atoms with van der Waals surface area (Å²) in [5.74, 6) is 0.808. The Labute approximate surface area is 193 Å². The Hall–Kier alpha value is -2.77. The van der Waals surface area contributed by atoms with E-state index in [-0.39, 0.29) is 24.2 Å². The highest BCUT2D eigenvalue weighted by Crippen LogP contribution is 2.26. The Morgan fingerprint density at radius 3 is 2.41 bits per heavy atom. The van der Waals surface area contributed by atoms with Crippen LogP contribution in [-0.4, -0.2) is 62.3 Å². The smallest absolute Gasteiger partial charge is 0.414 e. The number of anilines is 2. The lowest BCUT2D eigenvalue weighted by Crippen LogP contribution is -2.42. The minimum atomic E-state index is -0.311. The van der Waals surface area contributed by atoms with Gasteiger partial charge in [0.05, 0.1) is 6.54 Å². The van der Waals surface area contributed by atoms with Gasteiger partial charge < -0.3 is 14.4 Å². The molecule has 8 heteroatoms. The highest BCUT2D eigenvalue weighted by atomic mass is 35.5. The average molecular weight is 458 g/mol. The molecule has 0 bridgehead atoms. The van der Waals surface area contributed by atoms with E-state index in [2.05, 4.69) is 4.90 Å². The van der Waals surface area contributed by atoms with E-state index in [0.29, 0.717) is 18.1 Å². The fourth-order valence-corrected chi connectivity index (χ4v) is 4.19. The number of benzene rings is 2. The van der Waals surface area contributed by atoms with Gasteiger partial charge in [0.25, 0.3) is 0 Å². The molecule has 32 heavy (non-hydrogen) atoms. The predicted molar refractivity (Wildman–Crippen MR) is 125 cm³/mol. The minimum absolute atomic E-state index is 0.00438. The summed E-state index contributed by atoms with van der Waals surface area (Å²) in [5, 5.41) is 0.641. The van der Waals surface area contributed by atoms with E-state index in [1.807, 2.05) is 36.4 Å². The minimum Gasteiger partial charge on any atom is -0.490 e. The summed E-state index contributed by atoms with van der Waals surface area (Å²) in [6, 6.07) is 14.8. The maximum absolute atomic E-state index is 12.3. The monoisotopic (exact) mass is 457 g/mol. The Morgan fingerprint density at radius 1 is 1.12 bits per heavy atom. The molecule has 2 saturated heterocycles. The summed E-state index contributed by atoms with van der Waals surface area (Å²) in [6.07, 6.45) is 1.52. The summed E-state index contributed by atoms with van der Waals surface area (Å²) in [6.45, 7) is 4.59. The normalized spacial score (nSPS) is 19.7. The molecule has 2 aliphatic rings. The van der Waals surface area contributed by atoms with Crippen LogP contribution in [0.25, 0.3) is 0 Å². The number of ether oxygens (including phenoxy) is 2. The van der Waals surface area contributed by atoms with Crippen LogP contribution in [0, 0.1) is 0 Å². The molecule has 0 aliphatic carbocycles. The highest BCUT2D eigenvalue weighted by Gasteiger charge is 2.34. The number of rotatable bonds is 6. The number of carbonyl (C=O) groups excluding carboxylic acids is 2. The number of hydrogen-bond acceptors (Lipinski definition) is 5. The molecule has 4 rings (SSSR count). The second kappa shape index (κ2) is 9.79. The molecular weight excluding hydrogens is 430 g/mol. The first-order valence-electron chi connectivity index (χ1n) is 10.9. The summed E-state index contributed by atoms with van der Waals surface area (Å²) in [4.78, 5) is 29.3. The lowest BCUT2D eigenvalue weighted by molar-refractivity contribution is -0.116. The van der Waals surface area contributed by atoms with Crippen LogP contribution in [0.5, 0.6) is 5.75 Å². The molecule has 2 aromatic rings. The van der Waals surface area contributed by atoms with Gasteiger partial charge in [-0.3, -0.25) is 14.6 Å². The Bertz CT molecular complexity index is 943. The highest BCUT2D eigenvalue weighted by molar-refractivity contribution is 6.30. The van der Waals surface area contributed by atoms with Gasteiger partial charge in [-0.15, -0.1) is 0 Å². The molecule has 170 valence electrons. The average Bonchev–Trinajstić information content (AvgIpc) is 3.15. The molecule has 2 amide bonds. The molecule has 0 aromatic heterocycles. The van der Waals surface area contributed by atoms with E-state index in [4.69, 9.17) is 21.1 Å². The zero-order chi connectivity index (χ0) is 22.7. The van der Waals surface area contributed by atoms with Crippen molar-refractivity contribution in [2.24, 2.45) is 0 Å². The Kier molecular flexibility index (Phi) is 6.86. The van der Waals surface area contributed by atoms with Crippen LogP contribution in [0.2, 0.25) is 5.02 Å². The van der Waals surface area contributed by atoms with Crippen LogP contribution in [0.15, 0.2) is 48.5 Å². The van der Waals surface area contributed by atoms with Crippen molar-refractivity contribution in [1.82, 2.24) is 4.90 Å². The van der Waals surface area contributed by atoms with Crippen molar-refractivity contribution in [1.29, 1.82) is 0 Å². The van der Waals surface area contributed by atoms with Crippen LogP contribution >= 0.6 is 11.6 Å². The van der Waals surface area contributed by atoms with Gasteiger partial charge in [0.2, 0.25) is 5.91 Å². The zero-order valence-electron chi connectivity index (χ0n) is 18.4. The van der Waals surface area contributed by atoms with Crippen molar-refractivity contribution in [2.45, 2.75) is 32.0 Å². The van der Waals surface area contributed by atoms with Gasteiger partial charge in [-0.25, -0.2) is 4.79 Å². The SMILES string of the molecule is CC(=O)N(C)c1ccc(OC2CCN(C[C@@H]3CN(c4ccc(Cl)cc4)C(=O)O3)CC2)cc1. The first-order valence-corrected chi connectivity index (χ1v) is 11.2. The fraction of sp³-hybridized carbons (Fsp3) is 0.417. The molecule has 0 unspecified atom stereocenters. The van der Waals surface area contributed by atoms with Gasteiger partial charge in [0.15, 0.2) is 0 Å². The van der Waals surface area contributed by atoms with Gasteiger partial charge in [0, 0.05) is 50.0 Å². The topological polar surface area (TPSA) is 62.3 Å². The summed E-state index contributed by atoms with van der Waals surface area (Å²) >= 11 is 5.94. The van der Waals surface area contributed by atoms with Crippen LogP contribution in [0.4, 0.5) is 16.2 Å². The van der Waals surface area contributed by atoms with Gasteiger partial charge >= 0.3 is 6.09 Å².